The summed E-state index contributed by atoms with van der Waals surface area (Å²) in [6, 6.07) is 12.0. The van der Waals surface area contributed by atoms with E-state index in [2.05, 4.69) is 43.3 Å². The molecule has 0 bridgehead atoms. The van der Waals surface area contributed by atoms with Crippen molar-refractivity contribution in [1.82, 2.24) is 25.0 Å². The highest BCUT2D eigenvalue weighted by atomic mass is 35.5. The number of hydrogen-bond acceptors (Lipinski definition) is 5. The van der Waals surface area contributed by atoms with Crippen LogP contribution in [-0.4, -0.2) is 57.8 Å². The highest BCUT2D eigenvalue weighted by Gasteiger charge is 2.29. The van der Waals surface area contributed by atoms with Gasteiger partial charge in [-0.15, -0.1) is 0 Å². The topological polar surface area (TPSA) is 57.3 Å². The van der Waals surface area contributed by atoms with Crippen LogP contribution in [0.4, 0.5) is 0 Å². The number of nitrogens with one attached hydrogen (secondary N) is 1. The Morgan fingerprint density at radius 2 is 1.82 bits per heavy atom. The highest BCUT2D eigenvalue weighted by Crippen LogP contribution is 2.36. The van der Waals surface area contributed by atoms with E-state index in [4.69, 9.17) is 16.3 Å². The van der Waals surface area contributed by atoms with E-state index in [9.17, 15) is 0 Å². The third-order valence-corrected chi connectivity index (χ3v) is 7.68. The van der Waals surface area contributed by atoms with Crippen LogP contribution in [0.2, 0.25) is 5.02 Å². The Hall–Kier alpha value is -2.67. The number of piperidine rings is 2. The van der Waals surface area contributed by atoms with Crippen molar-refractivity contribution in [3.8, 4) is 5.75 Å². The van der Waals surface area contributed by atoms with Gasteiger partial charge in [0.05, 0.1) is 18.3 Å². The van der Waals surface area contributed by atoms with E-state index in [1.54, 1.807) is 0 Å². The molecule has 1 N–H and O–H groups in total. The summed E-state index contributed by atoms with van der Waals surface area (Å²) in [6.07, 6.45) is 10.6. The van der Waals surface area contributed by atoms with Crippen LogP contribution in [-0.2, 0) is 0 Å². The van der Waals surface area contributed by atoms with Crippen molar-refractivity contribution in [2.75, 3.05) is 32.8 Å². The fourth-order valence-electron chi connectivity index (χ4n) is 5.67. The van der Waals surface area contributed by atoms with Gasteiger partial charge in [-0.3, -0.25) is 0 Å². The molecule has 2 aliphatic rings. The fourth-order valence-corrected chi connectivity index (χ4v) is 5.79. The molecule has 7 heteroatoms. The summed E-state index contributed by atoms with van der Waals surface area (Å²) in [5.41, 5.74) is 3.37. The molecule has 2 fully saturated rings. The Morgan fingerprint density at radius 3 is 2.68 bits per heavy atom. The van der Waals surface area contributed by atoms with E-state index in [0.29, 0.717) is 11.8 Å². The van der Waals surface area contributed by atoms with Gasteiger partial charge in [-0.25, -0.2) is 20.0 Å². The first kappa shape index (κ1) is 21.8. The standard InChI is InChI=1S/C27H30ClN5O/c28-21-3-5-22(6-4-21)34-18-19-2-1-13-33(17-19)32-14-9-20(10-15-32)23-7-11-29-25-16-31-27-24(26(23)25)8-12-30-27/h3-8,11-12,16,19-20,29H,1-2,9-10,13-15,17-18H2. The number of aromatic nitrogens is 3. The van der Waals surface area contributed by atoms with E-state index < -0.39 is 0 Å². The molecule has 6 nitrogen and oxygen atoms in total. The van der Waals surface area contributed by atoms with Gasteiger partial charge in [0.15, 0.2) is 5.65 Å². The van der Waals surface area contributed by atoms with Crippen molar-refractivity contribution in [3.63, 3.8) is 0 Å². The van der Waals surface area contributed by atoms with Crippen molar-refractivity contribution >= 4 is 33.5 Å². The summed E-state index contributed by atoms with van der Waals surface area (Å²) in [7, 11) is 0. The molecule has 0 radical (unpaired) electrons. The summed E-state index contributed by atoms with van der Waals surface area (Å²) >= 11 is 5.99. The van der Waals surface area contributed by atoms with Crippen molar-refractivity contribution < 1.29 is 4.74 Å². The Kier molecular flexibility index (Phi) is 6.12. The predicted octanol–water partition coefficient (Wildman–Crippen LogP) is 5.65. The van der Waals surface area contributed by atoms with Gasteiger partial charge in [-0.05, 0) is 73.6 Å². The van der Waals surface area contributed by atoms with Gasteiger partial charge in [-0.2, -0.15) is 0 Å². The number of hydrogen-bond donors (Lipinski definition) is 1. The van der Waals surface area contributed by atoms with E-state index in [0.717, 1.165) is 60.1 Å². The number of fused-ring (bicyclic) bond motifs is 3. The lowest BCUT2D eigenvalue weighted by Gasteiger charge is -2.43. The largest absolute Gasteiger partial charge is 0.493 e. The highest BCUT2D eigenvalue weighted by molar-refractivity contribution is 6.30. The summed E-state index contributed by atoms with van der Waals surface area (Å²) in [5, 5.41) is 8.36. The molecule has 2 aliphatic heterocycles. The minimum Gasteiger partial charge on any atom is -0.493 e. The molecular formula is C27H30ClN5O. The van der Waals surface area contributed by atoms with Gasteiger partial charge in [0.25, 0.3) is 0 Å². The number of H-pyrrole nitrogens is 1. The summed E-state index contributed by atoms with van der Waals surface area (Å²) in [6.45, 7) is 5.19. The molecule has 4 aromatic rings. The average Bonchev–Trinajstić information content (AvgIpc) is 3.38. The zero-order chi connectivity index (χ0) is 22.9. The molecule has 0 aliphatic carbocycles. The molecule has 5 heterocycles. The third-order valence-electron chi connectivity index (χ3n) is 7.43. The number of aromatic amines is 1. The minimum atomic E-state index is 0.557. The Morgan fingerprint density at radius 1 is 0.971 bits per heavy atom. The average molecular weight is 476 g/mol. The van der Waals surface area contributed by atoms with Gasteiger partial charge in [0, 0.05) is 60.3 Å². The van der Waals surface area contributed by atoms with Crippen LogP contribution in [0.15, 0.2) is 55.0 Å². The third kappa shape index (κ3) is 4.38. The van der Waals surface area contributed by atoms with Crippen LogP contribution in [0.25, 0.3) is 21.9 Å². The maximum Gasteiger partial charge on any atom is 0.159 e. The quantitative estimate of drug-likeness (QED) is 0.404. The van der Waals surface area contributed by atoms with E-state index in [1.807, 2.05) is 36.7 Å². The minimum absolute atomic E-state index is 0.557. The second kappa shape index (κ2) is 9.53. The van der Waals surface area contributed by atoms with E-state index >= 15 is 0 Å². The Labute approximate surface area is 204 Å². The van der Waals surface area contributed by atoms with E-state index in [-0.39, 0.29) is 0 Å². The molecule has 2 saturated heterocycles. The summed E-state index contributed by atoms with van der Waals surface area (Å²) < 4.78 is 6.06. The zero-order valence-electron chi connectivity index (χ0n) is 19.3. The zero-order valence-corrected chi connectivity index (χ0v) is 20.0. The smallest absolute Gasteiger partial charge is 0.159 e. The molecule has 1 unspecified atom stereocenters. The van der Waals surface area contributed by atoms with Crippen LogP contribution < -0.4 is 4.74 Å². The predicted molar refractivity (Wildman–Crippen MR) is 136 cm³/mol. The molecule has 34 heavy (non-hydrogen) atoms. The van der Waals surface area contributed by atoms with Crippen molar-refractivity contribution in [2.45, 2.75) is 31.6 Å². The number of pyridine rings is 2. The van der Waals surface area contributed by atoms with Gasteiger partial charge in [0.2, 0.25) is 0 Å². The maximum atomic E-state index is 6.06. The summed E-state index contributed by atoms with van der Waals surface area (Å²) in [5.74, 6) is 2.02. The molecule has 176 valence electrons. The van der Waals surface area contributed by atoms with Crippen LogP contribution in [0.1, 0.15) is 37.2 Å². The molecule has 6 rings (SSSR count). The first-order chi connectivity index (χ1) is 16.7. The van der Waals surface area contributed by atoms with Crippen molar-refractivity contribution in [3.05, 3.63) is 65.6 Å². The van der Waals surface area contributed by atoms with Crippen LogP contribution in [0, 0.1) is 5.92 Å². The van der Waals surface area contributed by atoms with Gasteiger partial charge < -0.3 is 9.72 Å². The number of nitrogens with zero attached hydrogens (tertiary/aromatic N) is 4. The number of benzene rings is 1. The van der Waals surface area contributed by atoms with Gasteiger partial charge >= 0.3 is 0 Å². The fraction of sp³-hybridized carbons (Fsp3) is 0.407. The molecule has 1 atom stereocenters. The lowest BCUT2D eigenvalue weighted by Crippen LogP contribution is -2.51. The molecule has 0 saturated carbocycles. The normalized spacial score (nSPS) is 20.8. The number of ether oxygens (including phenoxy) is 1. The van der Waals surface area contributed by atoms with Crippen LogP contribution in [0.5, 0.6) is 5.75 Å². The molecule has 3 aromatic heterocycles. The number of rotatable bonds is 5. The van der Waals surface area contributed by atoms with E-state index in [1.165, 1.54) is 36.6 Å². The number of halogens is 1. The lowest BCUT2D eigenvalue weighted by molar-refractivity contribution is -0.0737. The van der Waals surface area contributed by atoms with Gasteiger partial charge in [-0.1, -0.05) is 11.6 Å². The summed E-state index contributed by atoms with van der Waals surface area (Å²) in [4.78, 5) is 12.3. The molecule has 1 aromatic carbocycles. The molecule has 0 amide bonds. The molecule has 0 spiro atoms. The second-order valence-corrected chi connectivity index (χ2v) is 10.0. The monoisotopic (exact) mass is 475 g/mol. The maximum absolute atomic E-state index is 6.06. The first-order valence-corrected chi connectivity index (χ1v) is 12.7. The first-order valence-electron chi connectivity index (χ1n) is 12.3. The van der Waals surface area contributed by atoms with Crippen LogP contribution in [0.3, 0.4) is 0 Å². The number of hydrazine groups is 1. The lowest BCUT2D eigenvalue weighted by atomic mass is 9.87. The van der Waals surface area contributed by atoms with Crippen LogP contribution >= 0.6 is 11.6 Å². The SMILES string of the molecule is Clc1ccc(OCC2CCCN(N3CCC(c4cc[nH]c5cnc6nccc6c45)CC3)C2)cc1. The van der Waals surface area contributed by atoms with Crippen molar-refractivity contribution in [1.29, 1.82) is 0 Å². The molecular weight excluding hydrogens is 446 g/mol. The second-order valence-electron chi connectivity index (χ2n) is 9.58. The Balaban J connectivity index is 1.10. The Bertz CT molecular complexity index is 1270. The van der Waals surface area contributed by atoms with Crippen molar-refractivity contribution in [2.24, 2.45) is 5.92 Å². The van der Waals surface area contributed by atoms with Gasteiger partial charge in [0.1, 0.15) is 5.75 Å².